The molecule has 236 valence electrons. The number of epoxide rings is 1. The molecule has 2 saturated heterocycles. The number of carbonyl (C=O) groups is 3. The van der Waals surface area contributed by atoms with Crippen LogP contribution in [0.5, 0.6) is 5.75 Å². The third kappa shape index (κ3) is 7.04. The summed E-state index contributed by atoms with van der Waals surface area (Å²) in [5.41, 5.74) is -0.611. The third-order valence-corrected chi connectivity index (χ3v) is 9.17. The van der Waals surface area contributed by atoms with Crippen molar-refractivity contribution in [2.75, 3.05) is 31.5 Å². The molecule has 2 fully saturated rings. The van der Waals surface area contributed by atoms with Gasteiger partial charge >= 0.3 is 12.1 Å². The fourth-order valence-corrected chi connectivity index (χ4v) is 6.24. The average molecular weight is 686 g/mol. The van der Waals surface area contributed by atoms with Crippen LogP contribution in [-0.4, -0.2) is 85.4 Å². The number of alkyl carbamates (subject to hydrolysis) is 1. The zero-order chi connectivity index (χ0) is 31.7. The number of carbonyl (C=O) groups excluding carboxylic acids is 3. The number of methoxy groups -OCH3 is 2. The second kappa shape index (κ2) is 13.2. The van der Waals surface area contributed by atoms with Crippen LogP contribution in [0.25, 0.3) is 0 Å². The average Bonchev–Trinajstić information content (AvgIpc) is 3.66. The quantitative estimate of drug-likeness (QED) is 0.273. The summed E-state index contributed by atoms with van der Waals surface area (Å²) < 4.78 is 28.5. The highest BCUT2D eigenvalue weighted by Gasteiger charge is 2.64. The van der Waals surface area contributed by atoms with Gasteiger partial charge in [-0.15, -0.1) is 0 Å². The van der Waals surface area contributed by atoms with Crippen molar-refractivity contribution < 1.29 is 43.2 Å². The topological polar surface area (TPSA) is 136 Å². The first-order chi connectivity index (χ1) is 20.3. The summed E-state index contributed by atoms with van der Waals surface area (Å²) in [5, 5.41) is 14.2. The Bertz CT molecular complexity index is 1320. The van der Waals surface area contributed by atoms with Gasteiger partial charge in [0.1, 0.15) is 40.0 Å². The predicted octanol–water partition coefficient (Wildman–Crippen LogP) is 4.06. The van der Waals surface area contributed by atoms with Crippen molar-refractivity contribution in [3.05, 3.63) is 46.5 Å². The van der Waals surface area contributed by atoms with Crippen molar-refractivity contribution in [1.82, 2.24) is 5.32 Å². The highest BCUT2D eigenvalue weighted by Crippen LogP contribution is 2.49. The van der Waals surface area contributed by atoms with Crippen molar-refractivity contribution in [3.8, 4) is 5.75 Å². The largest absolute Gasteiger partial charge is 0.495 e. The normalized spacial score (nSPS) is 35.0. The molecular weight excluding hydrogens is 648 g/mol. The molecule has 0 aliphatic carbocycles. The molecule has 2 amide bonds. The van der Waals surface area contributed by atoms with Crippen molar-refractivity contribution in [2.24, 2.45) is 5.92 Å². The molecule has 0 spiro atoms. The first-order valence-corrected chi connectivity index (χ1v) is 15.4. The number of amides is 2. The maximum Gasteiger partial charge on any atom is 0.409 e. The molecule has 7 atom stereocenters. The number of esters is 1. The Labute approximate surface area is 264 Å². The van der Waals surface area contributed by atoms with Crippen LogP contribution in [0.3, 0.4) is 0 Å². The second-order valence-electron chi connectivity index (χ2n) is 11.4. The van der Waals surface area contributed by atoms with E-state index in [2.05, 4.69) is 21.2 Å². The molecule has 0 unspecified atom stereocenters. The first-order valence-electron chi connectivity index (χ1n) is 13.9. The van der Waals surface area contributed by atoms with Crippen LogP contribution in [0, 0.1) is 5.92 Å². The van der Waals surface area contributed by atoms with E-state index in [1.54, 1.807) is 32.2 Å². The standard InChI is InChI=1S/C30H38BrClN2O9/c1-16-8-7-9-22(40-6)30(38)14-21(41-28(37)33-30)17(2)27-29(3,43-27)23(42-25(36)15-31)13-24(35)34(4)19-11-18(10-16)12-20(39-5)26(19)32/h7-9,11-12,17,21-23,27,38H,10,13-15H2,1-6H3,(H,33,37)/b9-7+,16-8+/t17-,21+,22-,23+,27-,29+,30+/m1/s1. The number of alkyl halides is 1. The Morgan fingerprint density at radius 2 is 2.02 bits per heavy atom. The van der Waals surface area contributed by atoms with Crippen molar-refractivity contribution >= 4 is 51.2 Å². The van der Waals surface area contributed by atoms with E-state index in [1.807, 2.05) is 26.0 Å². The molecule has 0 saturated carbocycles. The Morgan fingerprint density at radius 3 is 2.67 bits per heavy atom. The molecule has 0 radical (unpaired) electrons. The minimum Gasteiger partial charge on any atom is -0.495 e. The molecule has 13 heteroatoms. The van der Waals surface area contributed by atoms with Gasteiger partial charge in [0.05, 0.1) is 25.3 Å². The Hall–Kier alpha value is -2.64. The van der Waals surface area contributed by atoms with Gasteiger partial charge in [0.15, 0.2) is 5.72 Å². The number of rotatable bonds is 4. The highest BCUT2D eigenvalue weighted by atomic mass is 79.9. The molecule has 3 heterocycles. The number of ether oxygens (including phenoxy) is 5. The van der Waals surface area contributed by atoms with E-state index in [1.165, 1.54) is 19.1 Å². The van der Waals surface area contributed by atoms with Gasteiger partial charge in [-0.3, -0.25) is 14.9 Å². The number of nitrogens with one attached hydrogen (secondary N) is 1. The van der Waals surface area contributed by atoms with E-state index >= 15 is 0 Å². The van der Waals surface area contributed by atoms with Crippen LogP contribution >= 0.6 is 27.5 Å². The molecule has 4 rings (SSSR count). The smallest absolute Gasteiger partial charge is 0.409 e. The first kappa shape index (κ1) is 33.3. The van der Waals surface area contributed by atoms with E-state index in [0.717, 1.165) is 11.1 Å². The van der Waals surface area contributed by atoms with E-state index in [4.69, 9.17) is 35.3 Å². The van der Waals surface area contributed by atoms with Crippen LogP contribution < -0.4 is 15.0 Å². The molecule has 3 aliphatic heterocycles. The van der Waals surface area contributed by atoms with Gasteiger partial charge in [-0.2, -0.15) is 0 Å². The van der Waals surface area contributed by atoms with Gasteiger partial charge in [0.25, 0.3) is 0 Å². The van der Waals surface area contributed by atoms with Crippen molar-refractivity contribution in [2.45, 2.75) is 75.8 Å². The maximum absolute atomic E-state index is 13.7. The van der Waals surface area contributed by atoms with Crippen molar-refractivity contribution in [1.29, 1.82) is 0 Å². The number of halogens is 2. The Balaban J connectivity index is 1.79. The van der Waals surface area contributed by atoms with Gasteiger partial charge in [-0.1, -0.05) is 58.3 Å². The molecule has 11 nitrogen and oxygen atoms in total. The molecule has 0 aromatic heterocycles. The zero-order valence-corrected chi connectivity index (χ0v) is 27.4. The van der Waals surface area contributed by atoms with Crippen LogP contribution in [0.1, 0.15) is 39.2 Å². The summed E-state index contributed by atoms with van der Waals surface area (Å²) in [7, 11) is 4.54. The highest BCUT2D eigenvalue weighted by molar-refractivity contribution is 9.09. The summed E-state index contributed by atoms with van der Waals surface area (Å²) in [5.74, 6) is -0.971. The summed E-state index contributed by atoms with van der Waals surface area (Å²) in [6.07, 6.45) is 1.58. The minimum atomic E-state index is -1.77. The minimum absolute atomic E-state index is 0.000951. The van der Waals surface area contributed by atoms with Gasteiger partial charge in [0.2, 0.25) is 5.91 Å². The summed E-state index contributed by atoms with van der Waals surface area (Å²) in [6, 6.07) is 3.62. The van der Waals surface area contributed by atoms with Crippen LogP contribution in [0.4, 0.5) is 10.5 Å². The predicted molar refractivity (Wildman–Crippen MR) is 163 cm³/mol. The molecule has 1 aromatic rings. The molecule has 1 aromatic carbocycles. The number of aliphatic hydroxyl groups is 1. The lowest BCUT2D eigenvalue weighted by molar-refractivity contribution is -0.150. The third-order valence-electron chi connectivity index (χ3n) is 8.33. The number of fused-ring (bicyclic) bond motifs is 5. The van der Waals surface area contributed by atoms with Crippen molar-refractivity contribution in [3.63, 3.8) is 0 Å². The summed E-state index contributed by atoms with van der Waals surface area (Å²) >= 11 is 9.77. The molecular formula is C30H38BrClN2O9. The summed E-state index contributed by atoms with van der Waals surface area (Å²) in [4.78, 5) is 40.2. The van der Waals surface area contributed by atoms with Gasteiger partial charge in [0, 0.05) is 26.5 Å². The Morgan fingerprint density at radius 1 is 1.30 bits per heavy atom. The SMILES string of the molecule is COc1cc2cc(c1Cl)N(C)C(=O)C[C@H](OC(=O)CBr)[C@]1(C)O[C@@H]1[C@H](C)[C@@H]1C[C@@](O)(NC(=O)O1)[C@H](OC)/C=C/C=C(\C)C2. The van der Waals surface area contributed by atoms with E-state index in [-0.39, 0.29) is 29.1 Å². The number of anilines is 1. The molecule has 3 aliphatic rings. The lowest BCUT2D eigenvalue weighted by Gasteiger charge is -2.42. The molecule has 4 bridgehead atoms. The van der Waals surface area contributed by atoms with Gasteiger partial charge < -0.3 is 33.7 Å². The number of benzene rings is 1. The lowest BCUT2D eigenvalue weighted by atomic mass is 9.83. The number of allylic oxidation sites excluding steroid dienone is 3. The lowest BCUT2D eigenvalue weighted by Crippen LogP contribution is -2.63. The molecule has 43 heavy (non-hydrogen) atoms. The van der Waals surface area contributed by atoms with E-state index in [9.17, 15) is 19.5 Å². The van der Waals surface area contributed by atoms with E-state index < -0.39 is 53.7 Å². The van der Waals surface area contributed by atoms with Gasteiger partial charge in [-0.25, -0.2) is 4.79 Å². The molecule has 2 N–H and O–H groups in total. The fraction of sp³-hybridized carbons (Fsp3) is 0.567. The van der Waals surface area contributed by atoms with Crippen LogP contribution in [0.2, 0.25) is 5.02 Å². The maximum atomic E-state index is 13.7. The second-order valence-corrected chi connectivity index (χ2v) is 12.3. The Kier molecular flexibility index (Phi) is 10.2. The van der Waals surface area contributed by atoms with Gasteiger partial charge in [-0.05, 0) is 38.0 Å². The fourth-order valence-electron chi connectivity index (χ4n) is 5.80. The zero-order valence-electron chi connectivity index (χ0n) is 25.0. The van der Waals surface area contributed by atoms with E-state index in [0.29, 0.717) is 17.9 Å². The van der Waals surface area contributed by atoms with Crippen LogP contribution in [0.15, 0.2) is 35.9 Å². The number of nitrogens with zero attached hydrogens (tertiary/aromatic N) is 1. The number of hydrogen-bond acceptors (Lipinski definition) is 9. The monoisotopic (exact) mass is 684 g/mol. The number of hydrogen-bond donors (Lipinski definition) is 2. The summed E-state index contributed by atoms with van der Waals surface area (Å²) in [6.45, 7) is 5.50. The van der Waals surface area contributed by atoms with Crippen LogP contribution in [-0.2, 0) is 35.0 Å².